The predicted octanol–water partition coefficient (Wildman–Crippen LogP) is 12.9. The Kier molecular flexibility index (Phi) is 17.3. The molecule has 0 aliphatic carbocycles. The van der Waals surface area contributed by atoms with Gasteiger partial charge in [0.2, 0.25) is 0 Å². The van der Waals surface area contributed by atoms with Crippen LogP contribution in [0.5, 0.6) is 23.0 Å². The molecule has 0 aliphatic heterocycles. The molecule has 0 atom stereocenters. The topological polar surface area (TPSA) is 49.3 Å². The van der Waals surface area contributed by atoms with E-state index in [4.69, 9.17) is 20.3 Å². The molecule has 285 valence electrons. The summed E-state index contributed by atoms with van der Waals surface area (Å²) in [7, 11) is 9.38. The van der Waals surface area contributed by atoms with E-state index in [9.17, 15) is 22.0 Å². The molecule has 0 unspecified atom stereocenters. The van der Waals surface area contributed by atoms with Gasteiger partial charge in [0.1, 0.15) is 46.3 Å². The van der Waals surface area contributed by atoms with Crippen molar-refractivity contribution in [3.05, 3.63) is 141 Å². The van der Waals surface area contributed by atoms with Crippen LogP contribution in [0.4, 0.5) is 22.0 Å². The summed E-state index contributed by atoms with van der Waals surface area (Å²) < 4.78 is 99.0. The Bertz CT molecular complexity index is 2110. The fourth-order valence-corrected chi connectivity index (χ4v) is 6.16. The molecule has 0 aromatic heterocycles. The minimum atomic E-state index is -1.00. The molecule has 6 rings (SSSR count). The van der Waals surface area contributed by atoms with Crippen LogP contribution in [0.3, 0.4) is 0 Å². The molecular weight excluding hydrogens is 868 g/mol. The van der Waals surface area contributed by atoms with Crippen LogP contribution in [0, 0.1) is 23.3 Å². The Labute approximate surface area is 341 Å². The standard InChI is InChI=1S/C20H14Br2F2O2.C20H16F2O2.CH3F.BHNS/c1-25-19-5-3-11(21)7-15(19)13-9-14(18(24)10-17(13)23)16-8-12(22)4-6-20(16)26-2;1-23-19-9-5-3-7-13(19)15-11-16(18(22)12-17(15)21)14-8-4-6-10-20(14)24-2;1-2;1-2-3/h3-10H,1-2H3;3-12H,1-2H3;1H3;3H/i;;1D;. The molecule has 0 spiro atoms. The first-order chi connectivity index (χ1) is 26.9. The molecule has 6 aromatic carbocycles. The molecule has 0 amide bonds. The Balaban J connectivity index is 0.000000264. The van der Waals surface area contributed by atoms with Gasteiger partial charge in [-0.1, -0.05) is 68.3 Å². The first kappa shape index (κ1) is 43.1. The van der Waals surface area contributed by atoms with Crippen LogP contribution in [0.25, 0.3) is 44.5 Å². The maximum absolute atomic E-state index is 14.6. The average molecular weight is 903 g/mol. The zero-order valence-corrected chi connectivity index (χ0v) is 33.9. The summed E-state index contributed by atoms with van der Waals surface area (Å²) in [5.74, 6) is -0.598. The molecular formula is C41H34BBr2F5NO4S. The summed E-state index contributed by atoms with van der Waals surface area (Å²) in [4.78, 5) is 0. The molecule has 0 fully saturated rings. The van der Waals surface area contributed by atoms with E-state index in [0.29, 0.717) is 45.3 Å². The maximum atomic E-state index is 14.6. The van der Waals surface area contributed by atoms with Crippen molar-refractivity contribution in [1.29, 1.82) is 0 Å². The quantitative estimate of drug-likeness (QED) is 0.0939. The number of halogens is 7. The Morgan fingerprint density at radius 2 is 0.764 bits per heavy atom. The van der Waals surface area contributed by atoms with Crippen LogP contribution in [-0.4, -0.2) is 43.2 Å². The second kappa shape index (κ2) is 22.0. The van der Waals surface area contributed by atoms with E-state index in [2.05, 4.69) is 56.6 Å². The van der Waals surface area contributed by atoms with Crippen LogP contribution >= 0.6 is 44.7 Å². The van der Waals surface area contributed by atoms with Gasteiger partial charge in [0.15, 0.2) is 0 Å². The molecule has 0 saturated carbocycles. The van der Waals surface area contributed by atoms with E-state index >= 15 is 0 Å². The van der Waals surface area contributed by atoms with Crippen LogP contribution in [0.2, 0.25) is 0 Å². The van der Waals surface area contributed by atoms with E-state index < -0.39 is 30.4 Å². The second-order valence-electron chi connectivity index (χ2n) is 10.8. The third-order valence-corrected chi connectivity index (χ3v) is 8.80. The van der Waals surface area contributed by atoms with Gasteiger partial charge >= 0.3 is 24.8 Å². The number of nitrogens with zero attached hydrogens (tertiary/aromatic N) is 1. The first-order valence-corrected chi connectivity index (χ1v) is 17.7. The Morgan fingerprint density at radius 1 is 0.491 bits per heavy atom. The average Bonchev–Trinajstić information content (AvgIpc) is 3.19. The molecule has 0 N–H and O–H groups in total. The number of hydrogen-bond donors (Lipinski definition) is 1. The zero-order chi connectivity index (χ0) is 41.4. The van der Waals surface area contributed by atoms with Gasteiger partial charge in [0.05, 0.1) is 37.0 Å². The molecule has 0 aliphatic rings. The number of rotatable bonds is 8. The van der Waals surface area contributed by atoms with Gasteiger partial charge in [0.25, 0.3) is 0 Å². The van der Waals surface area contributed by atoms with Crippen LogP contribution in [-0.2, 0) is 0 Å². The van der Waals surface area contributed by atoms with Gasteiger partial charge in [-0.05, 0) is 60.7 Å². The van der Waals surface area contributed by atoms with Gasteiger partial charge in [-0.25, -0.2) is 17.6 Å². The summed E-state index contributed by atoms with van der Waals surface area (Å²) in [5, 5.41) is 0. The number of thiol groups is 1. The van der Waals surface area contributed by atoms with Crippen molar-refractivity contribution in [3.63, 3.8) is 0 Å². The molecule has 0 heterocycles. The van der Waals surface area contributed by atoms with E-state index in [1.54, 1.807) is 84.9 Å². The number of benzene rings is 6. The molecule has 5 nitrogen and oxygen atoms in total. The normalized spacial score (nSPS) is 10.2. The molecule has 1 radical (unpaired) electrons. The number of hydrogen-bond acceptors (Lipinski definition) is 6. The van der Waals surface area contributed by atoms with Crippen molar-refractivity contribution in [3.8, 4) is 67.5 Å². The number of para-hydroxylation sites is 2. The van der Waals surface area contributed by atoms with Crippen LogP contribution in [0.15, 0.2) is 122 Å². The Hall–Kier alpha value is -4.66. The number of ether oxygens (including phenoxy) is 4. The van der Waals surface area contributed by atoms with Gasteiger partial charge in [-0.15, -0.1) is 0 Å². The van der Waals surface area contributed by atoms with Gasteiger partial charge < -0.3 is 18.9 Å². The summed E-state index contributed by atoms with van der Waals surface area (Å²) in [5.41, 5.74) is 3.19. The third kappa shape index (κ3) is 11.2. The Morgan fingerprint density at radius 3 is 1.07 bits per heavy atom. The van der Waals surface area contributed by atoms with Crippen molar-refractivity contribution in [2.24, 2.45) is 4.30 Å². The molecule has 0 bridgehead atoms. The summed E-state index contributed by atoms with van der Waals surface area (Å²) in [6, 6.07) is 29.3. The summed E-state index contributed by atoms with van der Waals surface area (Å²) in [6.07, 6.45) is 0. The molecule has 55 heavy (non-hydrogen) atoms. The molecule has 14 heteroatoms. The zero-order valence-electron chi connectivity index (χ0n) is 30.8. The SMILES string of the molecule is COc1ccc(Br)cc1-c1cc(-c2cc(Br)ccc2OC)c(F)cc1F.COc1ccccc1-c1cc(-c2ccccc2OC)c(F)cc1F.[2H]CF.[B]=NS. The van der Waals surface area contributed by atoms with Crippen molar-refractivity contribution < 1.29 is 42.3 Å². The predicted molar refractivity (Wildman–Crippen MR) is 220 cm³/mol. The van der Waals surface area contributed by atoms with E-state index in [1.807, 2.05) is 0 Å². The van der Waals surface area contributed by atoms with Gasteiger partial charge in [-0.2, -0.15) is 0 Å². The summed E-state index contributed by atoms with van der Waals surface area (Å²) in [6.45, 7) is 0. The minimum absolute atomic E-state index is 0.238. The fraction of sp³-hybridized carbons (Fsp3) is 0.122. The van der Waals surface area contributed by atoms with Crippen molar-refractivity contribution in [2.45, 2.75) is 0 Å². The first-order valence-electron chi connectivity index (χ1n) is 16.5. The number of methoxy groups -OCH3 is 4. The third-order valence-electron chi connectivity index (χ3n) is 7.81. The van der Waals surface area contributed by atoms with E-state index in [-0.39, 0.29) is 22.3 Å². The number of alkyl halides is 1. The van der Waals surface area contributed by atoms with E-state index in [0.717, 1.165) is 21.1 Å². The van der Waals surface area contributed by atoms with Gasteiger partial charge in [0, 0.05) is 65.6 Å². The summed E-state index contributed by atoms with van der Waals surface area (Å²) >= 11 is 9.95. The monoisotopic (exact) mass is 901 g/mol. The molecule has 6 aromatic rings. The fourth-order valence-electron chi connectivity index (χ4n) is 5.44. The van der Waals surface area contributed by atoms with Crippen LogP contribution < -0.4 is 18.9 Å². The van der Waals surface area contributed by atoms with Crippen LogP contribution in [0.1, 0.15) is 1.37 Å². The second-order valence-corrected chi connectivity index (χ2v) is 12.9. The van der Waals surface area contributed by atoms with E-state index in [1.165, 1.54) is 40.6 Å². The van der Waals surface area contributed by atoms with Crippen molar-refractivity contribution >= 4 is 52.3 Å². The van der Waals surface area contributed by atoms with Crippen molar-refractivity contribution in [1.82, 2.24) is 0 Å². The van der Waals surface area contributed by atoms with Gasteiger partial charge in [-0.3, -0.25) is 4.39 Å². The van der Waals surface area contributed by atoms with Crippen molar-refractivity contribution in [2.75, 3.05) is 35.6 Å². The molecule has 0 saturated heterocycles.